The van der Waals surface area contributed by atoms with Crippen LogP contribution in [0.15, 0.2) is 30.3 Å². The second-order valence-electron chi connectivity index (χ2n) is 10.7. The molecule has 2 heterocycles. The summed E-state index contributed by atoms with van der Waals surface area (Å²) in [6, 6.07) is 8.34. The van der Waals surface area contributed by atoms with Crippen LogP contribution in [0.2, 0.25) is 5.02 Å². The van der Waals surface area contributed by atoms with Gasteiger partial charge in [0.1, 0.15) is 18.1 Å². The van der Waals surface area contributed by atoms with Gasteiger partial charge < -0.3 is 29.7 Å². The standard InChI is InChI=1S/C26H22ClFI2N2O6/c1-23(12-36-17-6-19-18(5-14(17)23)37-26(28,30)38-19)21(33)7-20(31)24-9-25(10-24,11-24)32-22(34)8-35-13-2-3-15(27)16(29)4-13/h2-6,31H,7-12H2,1H3,(H,32,34)/t23-,24?,25?,26?/m0/s1. The molecule has 3 saturated carbocycles. The molecule has 200 valence electrons. The molecule has 3 aliphatic carbocycles. The lowest BCUT2D eigenvalue weighted by Crippen LogP contribution is -2.77. The van der Waals surface area contributed by atoms with Gasteiger partial charge in [0.25, 0.3) is 5.91 Å². The van der Waals surface area contributed by atoms with Gasteiger partial charge in [0.15, 0.2) is 23.9 Å². The number of rotatable bonds is 8. The molecular weight excluding hydrogens is 745 g/mol. The minimum Gasteiger partial charge on any atom is -0.492 e. The first kappa shape index (κ1) is 26.4. The Kier molecular flexibility index (Phi) is 6.12. The van der Waals surface area contributed by atoms with E-state index in [1.54, 1.807) is 37.3 Å². The number of carbonyl (C=O) groups is 2. The number of carbonyl (C=O) groups excluding carboxylic acids is 2. The van der Waals surface area contributed by atoms with Crippen molar-refractivity contribution >= 4 is 74.2 Å². The SMILES string of the molecule is C[C@]1(C(=O)CC(=N)C23CC(NC(=O)COc4ccc(Cl)c(I)c4)(C2)C3)COc2cc3c(cc21)OC(F)(I)O3. The van der Waals surface area contributed by atoms with Crippen LogP contribution in [0.3, 0.4) is 0 Å². The molecule has 2 aromatic rings. The highest BCUT2D eigenvalue weighted by Crippen LogP contribution is 2.68. The molecule has 38 heavy (non-hydrogen) atoms. The molecule has 3 fully saturated rings. The zero-order valence-corrected chi connectivity index (χ0v) is 25.2. The number of amides is 1. The molecular formula is C26H22ClFI2N2O6. The third kappa shape index (κ3) is 4.32. The maximum atomic E-state index is 14.1. The molecule has 2 aliphatic heterocycles. The van der Waals surface area contributed by atoms with Crippen LogP contribution < -0.4 is 24.3 Å². The minimum absolute atomic E-state index is 0.0184. The van der Waals surface area contributed by atoms with E-state index in [1.165, 1.54) is 22.6 Å². The lowest BCUT2D eigenvalue weighted by Gasteiger charge is -2.70. The molecule has 2 N–H and O–H groups in total. The number of ketones is 1. The molecule has 2 atom stereocenters. The number of hydrogen-bond acceptors (Lipinski definition) is 7. The summed E-state index contributed by atoms with van der Waals surface area (Å²) >= 11 is 9.53. The van der Waals surface area contributed by atoms with Gasteiger partial charge >= 0.3 is 4.05 Å². The Morgan fingerprint density at radius 1 is 1.16 bits per heavy atom. The molecule has 0 radical (unpaired) electrons. The van der Waals surface area contributed by atoms with Gasteiger partial charge in [0, 0.05) is 38.3 Å². The first-order chi connectivity index (χ1) is 17.8. The summed E-state index contributed by atoms with van der Waals surface area (Å²) in [7, 11) is 0. The molecule has 0 saturated heterocycles. The van der Waals surface area contributed by atoms with E-state index in [1.807, 2.05) is 0 Å². The van der Waals surface area contributed by atoms with Crippen LogP contribution in [0.25, 0.3) is 0 Å². The van der Waals surface area contributed by atoms with Crippen molar-refractivity contribution in [2.45, 2.75) is 47.6 Å². The van der Waals surface area contributed by atoms with Gasteiger partial charge in [-0.2, -0.15) is 0 Å². The van der Waals surface area contributed by atoms with Crippen LogP contribution in [0.1, 0.15) is 38.2 Å². The Morgan fingerprint density at radius 3 is 2.53 bits per heavy atom. The van der Waals surface area contributed by atoms with E-state index >= 15 is 0 Å². The molecule has 8 nitrogen and oxygen atoms in total. The summed E-state index contributed by atoms with van der Waals surface area (Å²) < 4.78 is 34.3. The van der Waals surface area contributed by atoms with E-state index in [4.69, 9.17) is 36.0 Å². The minimum atomic E-state index is -2.30. The molecule has 1 amide bonds. The van der Waals surface area contributed by atoms with Gasteiger partial charge in [-0.05, 0) is 73.0 Å². The van der Waals surface area contributed by atoms with E-state index in [0.717, 1.165) is 3.57 Å². The summed E-state index contributed by atoms with van der Waals surface area (Å²) in [5, 5.41) is 12.4. The Hall–Kier alpha value is -1.87. The van der Waals surface area contributed by atoms with Crippen LogP contribution in [0, 0.1) is 14.4 Å². The fourth-order valence-corrected chi connectivity index (χ4v) is 6.97. The van der Waals surface area contributed by atoms with Gasteiger partial charge in [-0.3, -0.25) is 9.59 Å². The summed E-state index contributed by atoms with van der Waals surface area (Å²) in [5.41, 5.74) is -0.718. The normalized spacial score (nSPS) is 31.4. The average Bonchev–Trinajstić information content (AvgIpc) is 3.29. The van der Waals surface area contributed by atoms with Crippen LogP contribution in [-0.2, 0) is 15.0 Å². The number of Topliss-reactive ketones (excluding diaryl/α,β-unsaturated/α-hetero) is 1. The van der Waals surface area contributed by atoms with Gasteiger partial charge in [0.05, 0.1) is 33.0 Å². The first-order valence-corrected chi connectivity index (χ1v) is 14.4. The van der Waals surface area contributed by atoms with E-state index in [0.29, 0.717) is 47.1 Å². The Morgan fingerprint density at radius 2 is 1.84 bits per heavy atom. The maximum absolute atomic E-state index is 14.1. The molecule has 5 aliphatic rings. The zero-order chi connectivity index (χ0) is 27.1. The van der Waals surface area contributed by atoms with Crippen molar-refractivity contribution < 1.29 is 32.9 Å². The van der Waals surface area contributed by atoms with E-state index in [9.17, 15) is 14.0 Å². The van der Waals surface area contributed by atoms with E-state index in [-0.39, 0.29) is 53.8 Å². The fourth-order valence-electron chi connectivity index (χ4n) is 5.89. The fraction of sp³-hybridized carbons (Fsp3) is 0.423. The molecule has 1 unspecified atom stereocenters. The predicted molar refractivity (Wildman–Crippen MR) is 153 cm³/mol. The maximum Gasteiger partial charge on any atom is 0.462 e. The van der Waals surface area contributed by atoms with Gasteiger partial charge in [0.2, 0.25) is 0 Å². The topological polar surface area (TPSA) is 107 Å². The van der Waals surface area contributed by atoms with Crippen molar-refractivity contribution in [1.82, 2.24) is 5.32 Å². The highest BCUT2D eigenvalue weighted by atomic mass is 127. The summed E-state index contributed by atoms with van der Waals surface area (Å²) in [6.07, 6.45) is 1.88. The number of benzene rings is 2. The second kappa shape index (κ2) is 8.82. The third-order valence-electron chi connectivity index (χ3n) is 7.90. The summed E-state index contributed by atoms with van der Waals surface area (Å²) in [4.78, 5) is 25.9. The highest BCUT2D eigenvalue weighted by Gasteiger charge is 2.70. The van der Waals surface area contributed by atoms with Gasteiger partial charge in [-0.1, -0.05) is 11.6 Å². The Balaban J connectivity index is 1.04. The van der Waals surface area contributed by atoms with Crippen molar-refractivity contribution in [3.05, 3.63) is 44.5 Å². The third-order valence-corrected chi connectivity index (χ3v) is 9.88. The monoisotopic (exact) mass is 766 g/mol. The van der Waals surface area contributed by atoms with Gasteiger partial charge in [-0.25, -0.2) is 0 Å². The van der Waals surface area contributed by atoms with Crippen molar-refractivity contribution in [3.8, 4) is 23.0 Å². The second-order valence-corrected chi connectivity index (χ2v) is 13.5. The van der Waals surface area contributed by atoms with Crippen LogP contribution in [0.5, 0.6) is 23.0 Å². The quantitative estimate of drug-likeness (QED) is 0.210. The smallest absolute Gasteiger partial charge is 0.462 e. The highest BCUT2D eigenvalue weighted by molar-refractivity contribution is 14.1. The average molecular weight is 767 g/mol. The number of alkyl halides is 2. The lowest BCUT2D eigenvalue weighted by molar-refractivity contribution is -0.144. The molecule has 0 spiro atoms. The summed E-state index contributed by atoms with van der Waals surface area (Å²) in [5.74, 6) is 1.09. The predicted octanol–water partition coefficient (Wildman–Crippen LogP) is 5.48. The van der Waals surface area contributed by atoms with Crippen molar-refractivity contribution in [2.24, 2.45) is 5.41 Å². The number of halogens is 4. The molecule has 12 heteroatoms. The van der Waals surface area contributed by atoms with Crippen molar-refractivity contribution in [1.29, 1.82) is 5.41 Å². The lowest BCUT2D eigenvalue weighted by atomic mass is 9.37. The number of nitrogens with one attached hydrogen (secondary N) is 2. The molecule has 0 aromatic heterocycles. The number of ether oxygens (including phenoxy) is 4. The first-order valence-electron chi connectivity index (χ1n) is 11.9. The Bertz CT molecular complexity index is 1400. The molecule has 2 bridgehead atoms. The summed E-state index contributed by atoms with van der Waals surface area (Å²) in [6.45, 7) is 1.79. The zero-order valence-electron chi connectivity index (χ0n) is 20.1. The number of hydrogen-bond donors (Lipinski definition) is 2. The van der Waals surface area contributed by atoms with Crippen molar-refractivity contribution in [2.75, 3.05) is 13.2 Å². The van der Waals surface area contributed by atoms with Crippen LogP contribution >= 0.6 is 56.8 Å². The largest absolute Gasteiger partial charge is 0.492 e. The van der Waals surface area contributed by atoms with Crippen molar-refractivity contribution in [3.63, 3.8) is 0 Å². The van der Waals surface area contributed by atoms with Crippen LogP contribution in [0.4, 0.5) is 4.39 Å². The van der Waals surface area contributed by atoms with Gasteiger partial charge in [-0.15, -0.1) is 4.39 Å². The van der Waals surface area contributed by atoms with E-state index in [2.05, 4.69) is 27.9 Å². The van der Waals surface area contributed by atoms with Crippen LogP contribution in [-0.4, -0.2) is 40.2 Å². The molecule has 2 aromatic carbocycles. The number of fused-ring (bicyclic) bond motifs is 2. The molecule has 7 rings (SSSR count). The Labute approximate surface area is 250 Å². The van der Waals surface area contributed by atoms with E-state index < -0.39 is 9.46 Å².